The number of carbonyl (C=O) groups is 1. The summed E-state index contributed by atoms with van der Waals surface area (Å²) in [5, 5.41) is 0. The largest absolute Gasteiger partial charge is 0.417 e. The molecular formula is C29H39F3N4O2Si. The number of hydrogen-bond donors (Lipinski definition) is 0. The fourth-order valence-corrected chi connectivity index (χ4v) is 4.83. The minimum Gasteiger partial charge on any atom is -0.369 e. The number of alkyl halides is 3. The van der Waals surface area contributed by atoms with E-state index in [2.05, 4.69) is 24.6 Å². The Morgan fingerprint density at radius 2 is 1.77 bits per heavy atom. The van der Waals surface area contributed by atoms with Crippen molar-refractivity contribution in [3.05, 3.63) is 77.9 Å². The van der Waals surface area contributed by atoms with E-state index in [1.165, 1.54) is 23.1 Å². The SMILES string of the molecule is CC(C)CN(C(=O)c1ccccc1C(F)(F)F)c1cccc(N(C)Cc2cn(COCC[Si](C)(C)C)cn2)c1. The lowest BCUT2D eigenvalue weighted by Crippen LogP contribution is -2.35. The molecule has 0 spiro atoms. The van der Waals surface area contributed by atoms with E-state index < -0.39 is 25.7 Å². The number of hydrogen-bond acceptors (Lipinski definition) is 4. The molecule has 39 heavy (non-hydrogen) atoms. The summed E-state index contributed by atoms with van der Waals surface area (Å²) in [5.41, 5.74) is 0.917. The smallest absolute Gasteiger partial charge is 0.369 e. The van der Waals surface area contributed by atoms with Crippen LogP contribution in [0.4, 0.5) is 24.5 Å². The Morgan fingerprint density at radius 3 is 2.44 bits per heavy atom. The predicted molar refractivity (Wildman–Crippen MR) is 153 cm³/mol. The molecule has 1 amide bonds. The van der Waals surface area contributed by atoms with Crippen LogP contribution < -0.4 is 9.80 Å². The quantitative estimate of drug-likeness (QED) is 0.174. The molecule has 0 aliphatic rings. The third-order valence-corrected chi connectivity index (χ3v) is 7.86. The van der Waals surface area contributed by atoms with Crippen LogP contribution in [0.15, 0.2) is 61.1 Å². The van der Waals surface area contributed by atoms with E-state index in [9.17, 15) is 18.0 Å². The molecule has 6 nitrogen and oxygen atoms in total. The van der Waals surface area contributed by atoms with Gasteiger partial charge in [-0.05, 0) is 42.3 Å². The van der Waals surface area contributed by atoms with E-state index in [0.29, 0.717) is 19.0 Å². The van der Waals surface area contributed by atoms with Crippen molar-refractivity contribution >= 4 is 25.4 Å². The molecule has 2 aromatic carbocycles. The minimum atomic E-state index is -4.62. The Kier molecular flexibility index (Phi) is 10.0. The predicted octanol–water partition coefficient (Wildman–Crippen LogP) is 7.15. The second kappa shape index (κ2) is 12.8. The summed E-state index contributed by atoms with van der Waals surface area (Å²) < 4.78 is 48.7. The van der Waals surface area contributed by atoms with Crippen molar-refractivity contribution in [3.8, 4) is 0 Å². The summed E-state index contributed by atoms with van der Waals surface area (Å²) in [6.07, 6.45) is -0.937. The van der Waals surface area contributed by atoms with Crippen molar-refractivity contribution in [2.45, 2.75) is 59.0 Å². The maximum atomic E-state index is 13.7. The number of rotatable bonds is 12. The summed E-state index contributed by atoms with van der Waals surface area (Å²) in [4.78, 5) is 21.4. The maximum Gasteiger partial charge on any atom is 0.417 e. The summed E-state index contributed by atoms with van der Waals surface area (Å²) in [7, 11) is 0.772. The van der Waals surface area contributed by atoms with Gasteiger partial charge in [-0.15, -0.1) is 0 Å². The van der Waals surface area contributed by atoms with Crippen molar-refractivity contribution in [1.82, 2.24) is 9.55 Å². The molecule has 0 radical (unpaired) electrons. The van der Waals surface area contributed by atoms with E-state index >= 15 is 0 Å². The molecule has 0 saturated heterocycles. The van der Waals surface area contributed by atoms with Crippen LogP contribution in [0.5, 0.6) is 0 Å². The third kappa shape index (κ3) is 8.96. The van der Waals surface area contributed by atoms with E-state index in [1.807, 2.05) is 54.8 Å². The fourth-order valence-electron chi connectivity index (χ4n) is 4.07. The third-order valence-electron chi connectivity index (χ3n) is 6.16. The number of nitrogens with zero attached hydrogens (tertiary/aromatic N) is 4. The zero-order valence-electron chi connectivity index (χ0n) is 23.6. The highest BCUT2D eigenvalue weighted by Crippen LogP contribution is 2.34. The van der Waals surface area contributed by atoms with Gasteiger partial charge in [-0.1, -0.05) is 51.7 Å². The maximum absolute atomic E-state index is 13.7. The summed E-state index contributed by atoms with van der Waals surface area (Å²) in [6.45, 7) is 12.8. The van der Waals surface area contributed by atoms with Gasteiger partial charge in [0.25, 0.3) is 5.91 Å². The van der Waals surface area contributed by atoms with Crippen LogP contribution in [-0.2, 0) is 24.2 Å². The summed E-state index contributed by atoms with van der Waals surface area (Å²) in [5.74, 6) is -0.630. The van der Waals surface area contributed by atoms with Crippen molar-refractivity contribution in [2.75, 3.05) is 30.0 Å². The second-order valence-electron chi connectivity index (χ2n) is 11.5. The van der Waals surface area contributed by atoms with Gasteiger partial charge in [-0.3, -0.25) is 4.79 Å². The Hall–Kier alpha value is -3.11. The molecule has 0 unspecified atom stereocenters. The van der Waals surface area contributed by atoms with Crippen LogP contribution >= 0.6 is 0 Å². The Labute approximate surface area is 230 Å². The Balaban J connectivity index is 1.76. The summed E-state index contributed by atoms with van der Waals surface area (Å²) >= 11 is 0. The minimum absolute atomic E-state index is 0.0466. The Morgan fingerprint density at radius 1 is 1.08 bits per heavy atom. The molecule has 0 aliphatic heterocycles. The van der Waals surface area contributed by atoms with Gasteiger partial charge in [0.1, 0.15) is 6.73 Å². The fraction of sp³-hybridized carbons (Fsp3) is 0.448. The first-order valence-corrected chi connectivity index (χ1v) is 16.8. The van der Waals surface area contributed by atoms with Crippen LogP contribution in [0.3, 0.4) is 0 Å². The molecular weight excluding hydrogens is 521 g/mol. The lowest BCUT2D eigenvalue weighted by molar-refractivity contribution is -0.137. The first-order chi connectivity index (χ1) is 18.2. The van der Waals surface area contributed by atoms with Crippen molar-refractivity contribution in [3.63, 3.8) is 0 Å². The number of benzene rings is 2. The topological polar surface area (TPSA) is 50.6 Å². The lowest BCUT2D eigenvalue weighted by atomic mass is 10.0. The van der Waals surface area contributed by atoms with Gasteiger partial charge < -0.3 is 19.1 Å². The number of imidazole rings is 1. The van der Waals surface area contributed by atoms with Crippen molar-refractivity contribution in [2.24, 2.45) is 5.92 Å². The van der Waals surface area contributed by atoms with E-state index in [0.717, 1.165) is 30.1 Å². The zero-order valence-corrected chi connectivity index (χ0v) is 24.6. The molecule has 1 aromatic heterocycles. The van der Waals surface area contributed by atoms with Crippen LogP contribution in [0, 0.1) is 5.92 Å². The van der Waals surface area contributed by atoms with Gasteiger partial charge >= 0.3 is 6.18 Å². The molecule has 212 valence electrons. The lowest BCUT2D eigenvalue weighted by Gasteiger charge is -2.28. The van der Waals surface area contributed by atoms with Crippen molar-refractivity contribution < 1.29 is 22.7 Å². The van der Waals surface area contributed by atoms with E-state index in [-0.39, 0.29) is 18.0 Å². The van der Waals surface area contributed by atoms with E-state index in [4.69, 9.17) is 4.74 Å². The molecule has 3 aromatic rings. The zero-order chi connectivity index (χ0) is 28.8. The number of halogens is 3. The van der Waals surface area contributed by atoms with Crippen LogP contribution in [0.25, 0.3) is 0 Å². The average Bonchev–Trinajstić information content (AvgIpc) is 3.30. The Bertz CT molecular complexity index is 1240. The first-order valence-electron chi connectivity index (χ1n) is 13.1. The van der Waals surface area contributed by atoms with Crippen LogP contribution in [0.2, 0.25) is 25.7 Å². The van der Waals surface area contributed by atoms with Gasteiger partial charge in [0, 0.05) is 45.8 Å². The number of ether oxygens (including phenoxy) is 1. The monoisotopic (exact) mass is 560 g/mol. The van der Waals surface area contributed by atoms with Gasteiger partial charge in [0.15, 0.2) is 0 Å². The molecule has 10 heteroatoms. The molecule has 0 atom stereocenters. The molecule has 0 fully saturated rings. The molecule has 1 heterocycles. The van der Waals surface area contributed by atoms with Gasteiger partial charge in [-0.2, -0.15) is 13.2 Å². The molecule has 0 N–H and O–H groups in total. The van der Waals surface area contributed by atoms with Crippen molar-refractivity contribution in [1.29, 1.82) is 0 Å². The number of aromatic nitrogens is 2. The van der Waals surface area contributed by atoms with E-state index in [1.54, 1.807) is 12.4 Å². The highest BCUT2D eigenvalue weighted by atomic mass is 28.3. The number of carbonyl (C=O) groups excluding carboxylic acids is 1. The number of amides is 1. The standard InChI is InChI=1S/C29H39F3N4O2Si/c1-22(2)17-36(28(37)26-12-7-8-13-27(26)29(30,31)32)25-11-9-10-24(16-25)34(3)18-23-19-35(20-33-23)21-38-14-15-39(4,5)6/h7-13,16,19-20,22H,14-15,17-18,21H2,1-6H3. The molecule has 3 rings (SSSR count). The summed E-state index contributed by atoms with van der Waals surface area (Å²) in [6, 6.07) is 13.3. The van der Waals surface area contributed by atoms with Gasteiger partial charge in [0.05, 0.1) is 29.7 Å². The van der Waals surface area contributed by atoms with Gasteiger partial charge in [-0.25, -0.2) is 4.98 Å². The number of anilines is 2. The molecule has 0 aliphatic carbocycles. The highest BCUT2D eigenvalue weighted by Gasteiger charge is 2.36. The van der Waals surface area contributed by atoms with Crippen LogP contribution in [-0.4, -0.2) is 43.7 Å². The van der Waals surface area contributed by atoms with Crippen LogP contribution in [0.1, 0.15) is 35.5 Å². The average molecular weight is 561 g/mol. The molecule has 0 saturated carbocycles. The normalized spacial score (nSPS) is 12.2. The highest BCUT2D eigenvalue weighted by molar-refractivity contribution is 6.76. The first kappa shape index (κ1) is 30.4. The van der Waals surface area contributed by atoms with Gasteiger partial charge in [0.2, 0.25) is 0 Å². The second-order valence-corrected chi connectivity index (χ2v) is 17.1. The molecule has 0 bridgehead atoms.